The van der Waals surface area contributed by atoms with Crippen LogP contribution in [0.15, 0.2) is 65.6 Å². The minimum absolute atomic E-state index is 0.131. The smallest absolute Gasteiger partial charge is 0.294 e. The lowest BCUT2D eigenvalue weighted by atomic mass is 10.1. The molecule has 0 aromatic heterocycles. The third-order valence-electron chi connectivity index (χ3n) is 4.34. The predicted octanol–water partition coefficient (Wildman–Crippen LogP) is 3.48. The van der Waals surface area contributed by atoms with Crippen molar-refractivity contribution in [1.29, 1.82) is 0 Å². The van der Waals surface area contributed by atoms with Gasteiger partial charge in [0.25, 0.3) is 10.1 Å². The molecule has 0 amide bonds. The van der Waals surface area contributed by atoms with Crippen LogP contribution in [0.3, 0.4) is 0 Å². The van der Waals surface area contributed by atoms with E-state index in [1.54, 1.807) is 30.3 Å². The Bertz CT molecular complexity index is 1070. The van der Waals surface area contributed by atoms with Crippen molar-refractivity contribution in [3.05, 3.63) is 71.2 Å². The van der Waals surface area contributed by atoms with Crippen molar-refractivity contribution in [3.8, 4) is 0 Å². The van der Waals surface area contributed by atoms with Gasteiger partial charge in [-0.15, -0.1) is 0 Å². The summed E-state index contributed by atoms with van der Waals surface area (Å²) in [4.78, 5) is -0.131. The lowest BCUT2D eigenvalue weighted by molar-refractivity contribution is 0.175. The summed E-state index contributed by atoms with van der Waals surface area (Å²) in [6.07, 6.45) is -0.643. The molecule has 0 aliphatic carbocycles. The molecular formula is C20H21ClN2O4S. The molecule has 0 saturated heterocycles. The second-order valence-electron chi connectivity index (χ2n) is 6.37. The number of aliphatic hydroxyl groups excluding tert-OH is 1. The van der Waals surface area contributed by atoms with Crippen LogP contribution in [0.25, 0.3) is 10.8 Å². The maximum absolute atomic E-state index is 11.3. The molecule has 8 heteroatoms. The van der Waals surface area contributed by atoms with Crippen molar-refractivity contribution in [3.63, 3.8) is 0 Å². The van der Waals surface area contributed by atoms with E-state index in [1.165, 1.54) is 12.1 Å². The van der Waals surface area contributed by atoms with Crippen LogP contribution in [0.4, 0.5) is 5.69 Å². The molecule has 3 rings (SSSR count). The molecule has 0 saturated carbocycles. The monoisotopic (exact) mass is 420 g/mol. The molecule has 28 heavy (non-hydrogen) atoms. The maximum Gasteiger partial charge on any atom is 0.294 e. The Labute approximate surface area is 168 Å². The number of hydrogen-bond donors (Lipinski definition) is 4. The summed E-state index contributed by atoms with van der Waals surface area (Å²) in [6.45, 7) is 1.63. The Kier molecular flexibility index (Phi) is 6.53. The van der Waals surface area contributed by atoms with Gasteiger partial charge in [-0.05, 0) is 41.3 Å². The zero-order valence-corrected chi connectivity index (χ0v) is 16.5. The van der Waals surface area contributed by atoms with Crippen molar-refractivity contribution >= 4 is 38.2 Å². The molecular weight excluding hydrogens is 400 g/mol. The fourth-order valence-electron chi connectivity index (χ4n) is 2.93. The lowest BCUT2D eigenvalue weighted by Crippen LogP contribution is -2.26. The third-order valence-corrected chi connectivity index (χ3v) is 5.42. The van der Waals surface area contributed by atoms with Crippen LogP contribution in [0, 0.1) is 0 Å². The van der Waals surface area contributed by atoms with E-state index in [9.17, 15) is 18.1 Å². The Balaban J connectivity index is 1.55. The first-order chi connectivity index (χ1) is 13.3. The Hall–Kier alpha value is -2.16. The van der Waals surface area contributed by atoms with Crippen LogP contribution in [-0.4, -0.2) is 37.7 Å². The van der Waals surface area contributed by atoms with Gasteiger partial charge in [-0.3, -0.25) is 4.55 Å². The van der Waals surface area contributed by atoms with Crippen molar-refractivity contribution in [2.24, 2.45) is 0 Å². The van der Waals surface area contributed by atoms with Gasteiger partial charge in [-0.25, -0.2) is 0 Å². The quantitative estimate of drug-likeness (QED) is 0.329. The molecule has 0 heterocycles. The highest BCUT2D eigenvalue weighted by Crippen LogP contribution is 2.25. The first-order valence-electron chi connectivity index (χ1n) is 8.73. The molecule has 0 bridgehead atoms. The SMILES string of the molecule is O=S(=O)(O)c1ccc2c(NCCNCC(O)c3cccc(Cl)c3)cccc2c1. The second kappa shape index (κ2) is 8.89. The van der Waals surface area contributed by atoms with Gasteiger partial charge in [0.05, 0.1) is 11.0 Å². The second-order valence-corrected chi connectivity index (χ2v) is 8.22. The zero-order valence-electron chi connectivity index (χ0n) is 15.0. The molecule has 1 unspecified atom stereocenters. The van der Waals surface area contributed by atoms with E-state index >= 15 is 0 Å². The summed E-state index contributed by atoms with van der Waals surface area (Å²) in [5.41, 5.74) is 1.62. The molecule has 0 radical (unpaired) electrons. The van der Waals surface area contributed by atoms with Gasteiger partial charge in [0.2, 0.25) is 0 Å². The van der Waals surface area contributed by atoms with Gasteiger partial charge < -0.3 is 15.7 Å². The summed E-state index contributed by atoms with van der Waals surface area (Å²) in [5.74, 6) is 0. The molecule has 3 aromatic rings. The maximum atomic E-state index is 11.3. The summed E-state index contributed by atoms with van der Waals surface area (Å²) in [5, 5.41) is 18.8. The van der Waals surface area contributed by atoms with Gasteiger partial charge in [-0.2, -0.15) is 8.42 Å². The van der Waals surface area contributed by atoms with Crippen molar-refractivity contribution < 1.29 is 18.1 Å². The topological polar surface area (TPSA) is 98.7 Å². The lowest BCUT2D eigenvalue weighted by Gasteiger charge is -2.14. The third kappa shape index (κ3) is 5.21. The summed E-state index contributed by atoms with van der Waals surface area (Å²) in [6, 6.07) is 17.1. The van der Waals surface area contributed by atoms with E-state index in [1.807, 2.05) is 18.2 Å². The minimum Gasteiger partial charge on any atom is -0.387 e. The number of rotatable bonds is 8. The van der Waals surface area contributed by atoms with E-state index in [-0.39, 0.29) is 4.90 Å². The fourth-order valence-corrected chi connectivity index (χ4v) is 3.65. The summed E-state index contributed by atoms with van der Waals surface area (Å²) < 4.78 is 31.8. The summed E-state index contributed by atoms with van der Waals surface area (Å²) in [7, 11) is -4.23. The van der Waals surface area contributed by atoms with Crippen molar-refractivity contribution in [2.45, 2.75) is 11.0 Å². The van der Waals surface area contributed by atoms with E-state index in [4.69, 9.17) is 11.6 Å². The van der Waals surface area contributed by atoms with Gasteiger partial charge in [0, 0.05) is 35.7 Å². The van der Waals surface area contributed by atoms with E-state index < -0.39 is 16.2 Å². The van der Waals surface area contributed by atoms with Crippen LogP contribution >= 0.6 is 11.6 Å². The number of hydrogen-bond acceptors (Lipinski definition) is 5. The molecule has 0 aliphatic rings. The van der Waals surface area contributed by atoms with Crippen LogP contribution in [0.1, 0.15) is 11.7 Å². The Morgan fingerprint density at radius 1 is 1.00 bits per heavy atom. The van der Waals surface area contributed by atoms with Crippen LogP contribution in [0.2, 0.25) is 5.02 Å². The number of fused-ring (bicyclic) bond motifs is 1. The minimum atomic E-state index is -4.23. The molecule has 3 aromatic carbocycles. The first kappa shape index (κ1) is 20.6. The van der Waals surface area contributed by atoms with Gasteiger partial charge in [-0.1, -0.05) is 41.9 Å². The average molecular weight is 421 g/mol. The van der Waals surface area contributed by atoms with Crippen molar-refractivity contribution in [2.75, 3.05) is 25.0 Å². The molecule has 1 atom stereocenters. The molecule has 0 fully saturated rings. The van der Waals surface area contributed by atoms with Crippen LogP contribution in [0.5, 0.6) is 0 Å². The number of benzene rings is 3. The number of nitrogens with one attached hydrogen (secondary N) is 2. The zero-order chi connectivity index (χ0) is 20.1. The standard InChI is InChI=1S/C20H21ClN2O4S/c21-16-5-1-4-15(11-16)20(24)13-22-9-10-23-19-6-2-3-14-12-17(28(25,26)27)7-8-18(14)19/h1-8,11-12,20,22-24H,9-10,13H2,(H,25,26,27). The molecule has 0 aliphatic heterocycles. The highest BCUT2D eigenvalue weighted by Gasteiger charge is 2.11. The normalized spacial score (nSPS) is 12.8. The van der Waals surface area contributed by atoms with E-state index in [2.05, 4.69) is 10.6 Å². The molecule has 148 valence electrons. The highest BCUT2D eigenvalue weighted by molar-refractivity contribution is 7.85. The Morgan fingerprint density at radius 3 is 2.54 bits per heavy atom. The number of halogens is 1. The first-order valence-corrected chi connectivity index (χ1v) is 10.5. The molecule has 4 N–H and O–H groups in total. The van der Waals surface area contributed by atoms with Gasteiger partial charge in [0.15, 0.2) is 0 Å². The molecule has 6 nitrogen and oxygen atoms in total. The molecule has 0 spiro atoms. The van der Waals surface area contributed by atoms with E-state index in [0.29, 0.717) is 30.0 Å². The largest absolute Gasteiger partial charge is 0.387 e. The Morgan fingerprint density at radius 2 is 1.79 bits per heavy atom. The predicted molar refractivity (Wildman–Crippen MR) is 112 cm³/mol. The summed E-state index contributed by atoms with van der Waals surface area (Å²) >= 11 is 5.93. The van der Waals surface area contributed by atoms with Crippen molar-refractivity contribution in [1.82, 2.24) is 5.32 Å². The fraction of sp³-hybridized carbons (Fsp3) is 0.200. The number of anilines is 1. The average Bonchev–Trinajstić information content (AvgIpc) is 2.66. The van der Waals surface area contributed by atoms with E-state index in [0.717, 1.165) is 16.6 Å². The number of aliphatic hydroxyl groups is 1. The van der Waals surface area contributed by atoms with Gasteiger partial charge in [0.1, 0.15) is 0 Å². The highest BCUT2D eigenvalue weighted by atomic mass is 35.5. The van der Waals surface area contributed by atoms with Crippen LogP contribution < -0.4 is 10.6 Å². The van der Waals surface area contributed by atoms with Crippen LogP contribution in [-0.2, 0) is 10.1 Å². The van der Waals surface area contributed by atoms with Gasteiger partial charge >= 0.3 is 0 Å².